The summed E-state index contributed by atoms with van der Waals surface area (Å²) in [5, 5.41) is 14.0. The maximum atomic E-state index is 14.9. The molecule has 1 aliphatic rings. The number of nitrogens with zero attached hydrogens (tertiary/aromatic N) is 8. The van der Waals surface area contributed by atoms with Gasteiger partial charge >= 0.3 is 0 Å². The fourth-order valence-electron chi connectivity index (χ4n) is 4.76. The van der Waals surface area contributed by atoms with Gasteiger partial charge in [0.15, 0.2) is 11.5 Å². The number of nitrogen functional groups attached to an aromatic ring is 1. The van der Waals surface area contributed by atoms with Gasteiger partial charge in [0.05, 0.1) is 34.4 Å². The number of halogens is 2. The van der Waals surface area contributed by atoms with Crippen LogP contribution in [-0.2, 0) is 11.8 Å². The number of amides is 1. The number of aryl methyl sites for hydroxylation is 1. The minimum Gasteiger partial charge on any atom is -0.383 e. The van der Waals surface area contributed by atoms with Crippen LogP contribution in [0.2, 0.25) is 5.02 Å². The number of hydrogen-bond acceptors (Lipinski definition) is 7. The van der Waals surface area contributed by atoms with Crippen LogP contribution < -0.4 is 5.73 Å². The van der Waals surface area contributed by atoms with Crippen LogP contribution in [-0.4, -0.2) is 52.7 Å². The average molecular weight is 518 g/mol. The molecule has 0 bridgehead atoms. The number of benzene rings is 1. The van der Waals surface area contributed by atoms with Gasteiger partial charge in [-0.05, 0) is 30.9 Å². The Hall–Kier alpha value is -4.48. The predicted molar refractivity (Wildman–Crippen MR) is 136 cm³/mol. The fourth-order valence-corrected chi connectivity index (χ4v) is 4.95. The van der Waals surface area contributed by atoms with E-state index in [1.807, 2.05) is 0 Å². The molecule has 5 rings (SSSR count). The van der Waals surface area contributed by atoms with E-state index in [4.69, 9.17) is 22.6 Å². The van der Waals surface area contributed by atoms with Crippen molar-refractivity contribution in [3.05, 3.63) is 53.5 Å². The van der Waals surface area contributed by atoms with Gasteiger partial charge in [0.25, 0.3) is 0 Å². The molecule has 0 spiro atoms. The highest BCUT2D eigenvalue weighted by molar-refractivity contribution is 6.32. The Bertz CT molecular complexity index is 1670. The SMILES string of the molecule is C=CC(=O)N1C[C@@H](n2nc(C#Cc3cc4ncn(C)c4c(F)c3Cl)c3c(N)ncnc32)C[C@@H]1CCC#N. The molecule has 1 saturated heterocycles. The van der Waals surface area contributed by atoms with Crippen molar-refractivity contribution in [2.75, 3.05) is 12.3 Å². The van der Waals surface area contributed by atoms with E-state index >= 15 is 0 Å². The van der Waals surface area contributed by atoms with Crippen molar-refractivity contribution in [2.24, 2.45) is 7.05 Å². The first-order valence-corrected chi connectivity index (χ1v) is 11.8. The molecular weight excluding hydrogens is 497 g/mol. The van der Waals surface area contributed by atoms with Gasteiger partial charge in [-0.2, -0.15) is 10.4 Å². The summed E-state index contributed by atoms with van der Waals surface area (Å²) < 4.78 is 18.1. The lowest BCUT2D eigenvalue weighted by Crippen LogP contribution is -2.34. The summed E-state index contributed by atoms with van der Waals surface area (Å²) in [6.07, 6.45) is 5.53. The van der Waals surface area contributed by atoms with Gasteiger partial charge in [-0.15, -0.1) is 0 Å². The van der Waals surface area contributed by atoms with E-state index in [9.17, 15) is 9.18 Å². The summed E-state index contributed by atoms with van der Waals surface area (Å²) in [7, 11) is 1.68. The highest BCUT2D eigenvalue weighted by Gasteiger charge is 2.36. The van der Waals surface area contributed by atoms with E-state index in [0.29, 0.717) is 48.1 Å². The smallest absolute Gasteiger partial charge is 0.246 e. The molecule has 10 nitrogen and oxygen atoms in total. The summed E-state index contributed by atoms with van der Waals surface area (Å²) in [5.41, 5.74) is 7.90. The van der Waals surface area contributed by atoms with Crippen LogP contribution in [0.1, 0.15) is 36.6 Å². The van der Waals surface area contributed by atoms with E-state index in [-0.39, 0.29) is 39.9 Å². The minimum atomic E-state index is -0.608. The third-order valence-electron chi connectivity index (χ3n) is 6.50. The molecule has 0 unspecified atom stereocenters. The van der Waals surface area contributed by atoms with Crippen molar-refractivity contribution in [3.8, 4) is 17.9 Å². The van der Waals surface area contributed by atoms with Crippen LogP contribution in [0.15, 0.2) is 31.4 Å². The number of likely N-dealkylation sites (tertiary alicyclic amines) is 1. The first-order chi connectivity index (χ1) is 17.8. The Morgan fingerprint density at radius 2 is 2.19 bits per heavy atom. The fraction of sp³-hybridized carbons (Fsp3) is 0.280. The number of nitriles is 1. The zero-order valence-corrected chi connectivity index (χ0v) is 20.6. The lowest BCUT2D eigenvalue weighted by atomic mass is 10.1. The molecule has 37 heavy (non-hydrogen) atoms. The minimum absolute atomic E-state index is 0.119. The lowest BCUT2D eigenvalue weighted by molar-refractivity contribution is -0.126. The zero-order chi connectivity index (χ0) is 26.3. The highest BCUT2D eigenvalue weighted by Crippen LogP contribution is 2.33. The van der Waals surface area contributed by atoms with Crippen molar-refractivity contribution >= 4 is 45.4 Å². The number of carbonyl (C=O) groups is 1. The summed E-state index contributed by atoms with van der Waals surface area (Å²) in [5.74, 6) is 5.22. The third kappa shape index (κ3) is 4.13. The standard InChI is InChI=1S/C25H21ClFN9O/c1-3-19(37)35-11-16(10-15(35)5-4-8-28)36-25-20(24(29)30-12-31-25)17(33-36)7-6-14-9-18-23(22(27)21(14)26)34(2)13-32-18/h3,9,12-13,15-16H,1,4-5,10-11H2,2H3,(H2,29,30,31)/t15-,16-/m0/s1. The van der Waals surface area contributed by atoms with Gasteiger partial charge in [0, 0.05) is 31.6 Å². The number of imidazole rings is 1. The van der Waals surface area contributed by atoms with E-state index in [2.05, 4.69) is 44.5 Å². The number of fused-ring (bicyclic) bond motifs is 2. The molecule has 186 valence electrons. The molecule has 4 heterocycles. The van der Waals surface area contributed by atoms with E-state index in [1.54, 1.807) is 27.3 Å². The number of nitrogens with two attached hydrogens (primary N) is 1. The average Bonchev–Trinajstić information content (AvgIpc) is 3.59. The Morgan fingerprint density at radius 3 is 2.95 bits per heavy atom. The third-order valence-corrected chi connectivity index (χ3v) is 6.87. The molecule has 0 aliphatic carbocycles. The predicted octanol–water partition coefficient (Wildman–Crippen LogP) is 3.12. The first-order valence-electron chi connectivity index (χ1n) is 11.4. The Labute approximate surface area is 216 Å². The first kappa shape index (κ1) is 24.2. The number of hydrogen-bond donors (Lipinski definition) is 1. The van der Waals surface area contributed by atoms with Crippen LogP contribution in [0, 0.1) is 29.0 Å². The molecule has 1 aliphatic heterocycles. The second-order valence-corrected chi connectivity index (χ2v) is 9.09. The van der Waals surface area contributed by atoms with E-state index in [1.165, 1.54) is 18.7 Å². The Morgan fingerprint density at radius 1 is 1.38 bits per heavy atom. The van der Waals surface area contributed by atoms with Gasteiger partial charge in [-0.1, -0.05) is 24.1 Å². The molecule has 12 heteroatoms. The zero-order valence-electron chi connectivity index (χ0n) is 19.8. The monoisotopic (exact) mass is 517 g/mol. The lowest BCUT2D eigenvalue weighted by Gasteiger charge is -2.22. The van der Waals surface area contributed by atoms with Gasteiger partial charge in [0.1, 0.15) is 23.4 Å². The maximum Gasteiger partial charge on any atom is 0.246 e. The van der Waals surface area contributed by atoms with E-state index < -0.39 is 5.82 Å². The quantitative estimate of drug-likeness (QED) is 0.325. The molecule has 1 amide bonds. The normalized spacial score (nSPS) is 17.1. The molecule has 2 N–H and O–H groups in total. The number of carbonyl (C=O) groups excluding carboxylic acids is 1. The van der Waals surface area contributed by atoms with Gasteiger partial charge < -0.3 is 15.2 Å². The van der Waals surface area contributed by atoms with E-state index in [0.717, 1.165) is 0 Å². The van der Waals surface area contributed by atoms with Crippen molar-refractivity contribution in [1.29, 1.82) is 5.26 Å². The number of rotatable bonds is 4. The summed E-state index contributed by atoms with van der Waals surface area (Å²) >= 11 is 6.28. The van der Waals surface area contributed by atoms with Crippen molar-refractivity contribution in [1.82, 2.24) is 34.2 Å². The molecule has 0 saturated carbocycles. The maximum absolute atomic E-state index is 14.9. The van der Waals surface area contributed by atoms with Crippen LogP contribution in [0.5, 0.6) is 0 Å². The molecule has 2 atom stereocenters. The number of aromatic nitrogens is 6. The molecule has 3 aromatic heterocycles. The summed E-state index contributed by atoms with van der Waals surface area (Å²) in [6, 6.07) is 3.38. The second kappa shape index (κ2) is 9.52. The van der Waals surface area contributed by atoms with Crippen molar-refractivity contribution in [3.63, 3.8) is 0 Å². The Balaban J connectivity index is 1.58. The highest BCUT2D eigenvalue weighted by atomic mass is 35.5. The van der Waals surface area contributed by atoms with Crippen molar-refractivity contribution < 1.29 is 9.18 Å². The molecular formula is C25H21ClFN9O. The largest absolute Gasteiger partial charge is 0.383 e. The summed E-state index contributed by atoms with van der Waals surface area (Å²) in [6.45, 7) is 3.96. The van der Waals surface area contributed by atoms with Crippen LogP contribution in [0.4, 0.5) is 10.2 Å². The van der Waals surface area contributed by atoms with Crippen LogP contribution in [0.3, 0.4) is 0 Å². The topological polar surface area (TPSA) is 132 Å². The summed E-state index contributed by atoms with van der Waals surface area (Å²) in [4.78, 5) is 26.8. The molecule has 0 radical (unpaired) electrons. The van der Waals surface area contributed by atoms with Crippen LogP contribution in [0.25, 0.3) is 22.1 Å². The molecule has 4 aromatic rings. The second-order valence-electron chi connectivity index (χ2n) is 8.71. The number of anilines is 1. The van der Waals surface area contributed by atoms with Gasteiger partial charge in [0.2, 0.25) is 5.91 Å². The Kier molecular flexibility index (Phi) is 6.24. The van der Waals surface area contributed by atoms with Crippen molar-refractivity contribution in [2.45, 2.75) is 31.3 Å². The molecule has 1 fully saturated rings. The molecule has 1 aromatic carbocycles. The van der Waals surface area contributed by atoms with Gasteiger partial charge in [-0.3, -0.25) is 4.79 Å². The van der Waals surface area contributed by atoms with Gasteiger partial charge in [-0.25, -0.2) is 24.0 Å². The van der Waals surface area contributed by atoms with Crippen LogP contribution >= 0.6 is 11.6 Å².